The van der Waals surface area contributed by atoms with Crippen molar-refractivity contribution in [1.82, 2.24) is 0 Å². The van der Waals surface area contributed by atoms with Crippen molar-refractivity contribution >= 4 is 5.78 Å². The van der Waals surface area contributed by atoms with Gasteiger partial charge in [0.15, 0.2) is 5.76 Å². The molecule has 0 aliphatic rings. The van der Waals surface area contributed by atoms with E-state index in [2.05, 4.69) is 0 Å². The Bertz CT molecular complexity index is 228. The Morgan fingerprint density at radius 1 is 1.82 bits per heavy atom. The van der Waals surface area contributed by atoms with Gasteiger partial charge in [0.1, 0.15) is 0 Å². The van der Waals surface area contributed by atoms with Gasteiger partial charge in [-0.3, -0.25) is 4.79 Å². The number of hydrogen-bond acceptors (Lipinski definition) is 3. The summed E-state index contributed by atoms with van der Waals surface area (Å²) in [5.41, 5.74) is 5.50. The van der Waals surface area contributed by atoms with Gasteiger partial charge in [-0.15, -0.1) is 0 Å². The normalized spacial score (nSPS) is 12.9. The molecule has 0 aliphatic carbocycles. The van der Waals surface area contributed by atoms with Crippen LogP contribution >= 0.6 is 0 Å². The zero-order valence-electron chi connectivity index (χ0n) is 6.41. The number of hydrogen-bond donors (Lipinski definition) is 1. The summed E-state index contributed by atoms with van der Waals surface area (Å²) in [6.45, 7) is 1.87. The van der Waals surface area contributed by atoms with Crippen molar-refractivity contribution in [2.45, 2.75) is 19.4 Å². The lowest BCUT2D eigenvalue weighted by atomic mass is 10.1. The van der Waals surface area contributed by atoms with E-state index in [1.54, 1.807) is 12.1 Å². The number of furan rings is 1. The average Bonchev–Trinajstić information content (AvgIpc) is 2.53. The summed E-state index contributed by atoms with van der Waals surface area (Å²) in [6.07, 6.45) is 2.11. The molecule has 0 amide bonds. The molecule has 0 bridgehead atoms. The Morgan fingerprint density at radius 3 is 3.00 bits per heavy atom. The first kappa shape index (κ1) is 8.01. The highest BCUT2D eigenvalue weighted by Gasteiger charge is 2.15. The van der Waals surface area contributed by atoms with Crippen LogP contribution in [0.15, 0.2) is 22.8 Å². The van der Waals surface area contributed by atoms with Gasteiger partial charge in [0.25, 0.3) is 0 Å². The molecule has 0 aromatic carbocycles. The van der Waals surface area contributed by atoms with Crippen molar-refractivity contribution in [2.75, 3.05) is 0 Å². The molecule has 0 spiro atoms. The van der Waals surface area contributed by atoms with Crippen LogP contribution in [0.4, 0.5) is 0 Å². The van der Waals surface area contributed by atoms with Crippen LogP contribution in [-0.4, -0.2) is 11.8 Å². The molecule has 1 rings (SSSR count). The second-order valence-electron chi connectivity index (χ2n) is 2.36. The van der Waals surface area contributed by atoms with E-state index in [1.807, 2.05) is 6.92 Å². The van der Waals surface area contributed by atoms with Crippen LogP contribution in [0.3, 0.4) is 0 Å². The van der Waals surface area contributed by atoms with Crippen molar-refractivity contribution in [3.8, 4) is 0 Å². The van der Waals surface area contributed by atoms with Gasteiger partial charge >= 0.3 is 0 Å². The molecule has 3 heteroatoms. The number of carbonyl (C=O) groups excluding carboxylic acids is 1. The van der Waals surface area contributed by atoms with E-state index >= 15 is 0 Å². The molecule has 0 fully saturated rings. The van der Waals surface area contributed by atoms with E-state index in [1.165, 1.54) is 6.26 Å². The molecule has 0 saturated heterocycles. The highest BCUT2D eigenvalue weighted by Crippen LogP contribution is 2.04. The minimum absolute atomic E-state index is 0.127. The molecule has 3 nitrogen and oxygen atoms in total. The topological polar surface area (TPSA) is 56.2 Å². The minimum atomic E-state index is -0.429. The maximum absolute atomic E-state index is 11.2. The first-order valence-electron chi connectivity index (χ1n) is 3.59. The number of Topliss-reactive ketones (excluding diaryl/α,β-unsaturated/α-hetero) is 1. The van der Waals surface area contributed by atoms with Crippen molar-refractivity contribution in [3.63, 3.8) is 0 Å². The Morgan fingerprint density at radius 2 is 2.55 bits per heavy atom. The predicted octanol–water partition coefficient (Wildman–Crippen LogP) is 1.20. The smallest absolute Gasteiger partial charge is 0.214 e. The molecule has 0 saturated carbocycles. The van der Waals surface area contributed by atoms with Crippen molar-refractivity contribution < 1.29 is 9.21 Å². The number of nitrogens with two attached hydrogens (primary N) is 1. The summed E-state index contributed by atoms with van der Waals surface area (Å²) >= 11 is 0. The monoisotopic (exact) mass is 153 g/mol. The van der Waals surface area contributed by atoms with Crippen LogP contribution in [-0.2, 0) is 0 Å². The third-order valence-electron chi connectivity index (χ3n) is 1.54. The maximum Gasteiger partial charge on any atom is 0.214 e. The first-order chi connectivity index (χ1) is 5.25. The van der Waals surface area contributed by atoms with Crippen LogP contribution in [0.2, 0.25) is 0 Å². The average molecular weight is 153 g/mol. The second kappa shape index (κ2) is 3.34. The largest absolute Gasteiger partial charge is 0.461 e. The highest BCUT2D eigenvalue weighted by atomic mass is 16.3. The molecule has 2 N–H and O–H groups in total. The molecule has 11 heavy (non-hydrogen) atoms. The van der Waals surface area contributed by atoms with Crippen LogP contribution in [0.5, 0.6) is 0 Å². The Labute approximate surface area is 65.2 Å². The predicted molar refractivity (Wildman–Crippen MR) is 41.3 cm³/mol. The quantitative estimate of drug-likeness (QED) is 0.664. The van der Waals surface area contributed by atoms with E-state index in [0.717, 1.165) is 0 Å². The van der Waals surface area contributed by atoms with E-state index in [-0.39, 0.29) is 5.78 Å². The highest BCUT2D eigenvalue weighted by molar-refractivity contribution is 5.97. The lowest BCUT2D eigenvalue weighted by molar-refractivity contribution is 0.0932. The number of carbonyl (C=O) groups is 1. The fourth-order valence-electron chi connectivity index (χ4n) is 0.787. The van der Waals surface area contributed by atoms with Gasteiger partial charge in [0.05, 0.1) is 12.3 Å². The zero-order chi connectivity index (χ0) is 8.27. The molecule has 0 aliphatic heterocycles. The molecule has 1 heterocycles. The molecule has 1 aromatic rings. The molecule has 0 unspecified atom stereocenters. The van der Waals surface area contributed by atoms with Crippen LogP contribution in [0, 0.1) is 0 Å². The standard InChI is InChI=1S/C8H11NO2/c1-2-6(9)8(10)7-4-3-5-11-7/h3-6H,2,9H2,1H3/t6-/m1/s1. The lowest BCUT2D eigenvalue weighted by Crippen LogP contribution is -2.29. The SMILES string of the molecule is CC[C@@H](N)C(=O)c1ccco1. The molecule has 60 valence electrons. The van der Waals surface area contributed by atoms with Gasteiger partial charge in [-0.2, -0.15) is 0 Å². The summed E-state index contributed by atoms with van der Waals surface area (Å²) in [7, 11) is 0. The van der Waals surface area contributed by atoms with E-state index in [9.17, 15) is 4.79 Å². The summed E-state index contributed by atoms with van der Waals surface area (Å²) in [5.74, 6) is 0.219. The van der Waals surface area contributed by atoms with Crippen molar-refractivity contribution in [2.24, 2.45) is 5.73 Å². The van der Waals surface area contributed by atoms with Gasteiger partial charge in [0.2, 0.25) is 5.78 Å². The third-order valence-corrected chi connectivity index (χ3v) is 1.54. The summed E-state index contributed by atoms with van der Waals surface area (Å²) in [6, 6.07) is 2.87. The van der Waals surface area contributed by atoms with E-state index < -0.39 is 6.04 Å². The minimum Gasteiger partial charge on any atom is -0.461 e. The fourth-order valence-corrected chi connectivity index (χ4v) is 0.787. The lowest BCUT2D eigenvalue weighted by Gasteiger charge is -2.02. The van der Waals surface area contributed by atoms with Crippen LogP contribution in [0.25, 0.3) is 0 Å². The fraction of sp³-hybridized carbons (Fsp3) is 0.375. The summed E-state index contributed by atoms with van der Waals surface area (Å²) < 4.78 is 4.89. The van der Waals surface area contributed by atoms with Gasteiger partial charge in [-0.1, -0.05) is 6.92 Å². The van der Waals surface area contributed by atoms with Crippen molar-refractivity contribution in [3.05, 3.63) is 24.2 Å². The zero-order valence-corrected chi connectivity index (χ0v) is 6.41. The van der Waals surface area contributed by atoms with Crippen LogP contribution < -0.4 is 5.73 Å². The molecular formula is C8H11NO2. The van der Waals surface area contributed by atoms with Crippen molar-refractivity contribution in [1.29, 1.82) is 0 Å². The Balaban J connectivity index is 2.70. The maximum atomic E-state index is 11.2. The first-order valence-corrected chi connectivity index (χ1v) is 3.59. The molecule has 0 radical (unpaired) electrons. The second-order valence-corrected chi connectivity index (χ2v) is 2.36. The molecule has 1 aromatic heterocycles. The number of rotatable bonds is 3. The summed E-state index contributed by atoms with van der Waals surface area (Å²) in [4.78, 5) is 11.2. The van der Waals surface area contributed by atoms with Crippen LogP contribution in [0.1, 0.15) is 23.9 Å². The Hall–Kier alpha value is -1.09. The molecule has 1 atom stereocenters. The van der Waals surface area contributed by atoms with E-state index in [4.69, 9.17) is 10.2 Å². The molecular weight excluding hydrogens is 142 g/mol. The number of ketones is 1. The van der Waals surface area contributed by atoms with Gasteiger partial charge in [-0.05, 0) is 18.6 Å². The van der Waals surface area contributed by atoms with Gasteiger partial charge < -0.3 is 10.2 Å². The Kier molecular flexibility index (Phi) is 2.44. The van der Waals surface area contributed by atoms with Gasteiger partial charge in [0, 0.05) is 0 Å². The van der Waals surface area contributed by atoms with E-state index in [0.29, 0.717) is 12.2 Å². The van der Waals surface area contributed by atoms with Gasteiger partial charge in [-0.25, -0.2) is 0 Å². The third kappa shape index (κ3) is 1.68. The summed E-state index contributed by atoms with van der Waals surface area (Å²) in [5, 5.41) is 0.